The average molecular weight is 423 g/mol. The van der Waals surface area contributed by atoms with Gasteiger partial charge < -0.3 is 10.6 Å². The minimum Gasteiger partial charge on any atom is -0.347 e. The number of amides is 2. The molecule has 0 radical (unpaired) electrons. The summed E-state index contributed by atoms with van der Waals surface area (Å²) in [4.78, 5) is 27.0. The maximum atomic E-state index is 12.7. The first kappa shape index (κ1) is 20.3. The van der Waals surface area contributed by atoms with Crippen LogP contribution in [0.2, 0.25) is 0 Å². The van der Waals surface area contributed by atoms with E-state index in [-0.39, 0.29) is 18.4 Å². The Balaban J connectivity index is 1.33. The molecule has 0 saturated carbocycles. The lowest BCUT2D eigenvalue weighted by Gasteiger charge is -2.08. The molecule has 2 amide bonds. The molecule has 1 aliphatic carbocycles. The Morgan fingerprint density at radius 3 is 2.77 bits per heavy atom. The molecule has 156 valence electrons. The van der Waals surface area contributed by atoms with Crippen LogP contribution in [0, 0.1) is 0 Å². The molecule has 0 atom stereocenters. The fraction of sp³-hybridized carbons (Fsp3) is 0.348. The monoisotopic (exact) mass is 422 g/mol. The van der Waals surface area contributed by atoms with Gasteiger partial charge in [0.1, 0.15) is 6.54 Å². The van der Waals surface area contributed by atoms with Crippen LogP contribution >= 0.6 is 11.3 Å². The highest BCUT2D eigenvalue weighted by Crippen LogP contribution is 2.28. The van der Waals surface area contributed by atoms with Gasteiger partial charge in [-0.05, 0) is 61.1 Å². The number of hydrogen-bond donors (Lipinski definition) is 2. The summed E-state index contributed by atoms with van der Waals surface area (Å²) in [6.07, 6.45) is 10.6. The summed E-state index contributed by atoms with van der Waals surface area (Å²) in [6.45, 7) is 0.585. The third-order valence-electron chi connectivity index (χ3n) is 5.25. The molecule has 0 fully saturated rings. The fourth-order valence-electron chi connectivity index (χ4n) is 3.73. The van der Waals surface area contributed by atoms with Gasteiger partial charge in [-0.25, -0.2) is 0 Å². The van der Waals surface area contributed by atoms with Crippen LogP contribution in [0.4, 0.5) is 5.69 Å². The van der Waals surface area contributed by atoms with Gasteiger partial charge in [0, 0.05) is 29.5 Å². The van der Waals surface area contributed by atoms with E-state index >= 15 is 0 Å². The molecule has 0 saturated heterocycles. The summed E-state index contributed by atoms with van der Waals surface area (Å²) in [5.74, 6) is -0.171. The topological polar surface area (TPSA) is 76.0 Å². The number of anilines is 1. The predicted molar refractivity (Wildman–Crippen MR) is 119 cm³/mol. The van der Waals surface area contributed by atoms with Gasteiger partial charge in [0.2, 0.25) is 5.91 Å². The standard InChI is InChI=1S/C23H26N4O2S/c28-22(16-27-12-6-11-25-27)26-19-9-5-7-17(13-19)15-24-23(29)21-14-18-8-3-1-2-4-10-20(18)30-21/h5-7,9,11-14H,1-4,8,10,15-16H2,(H,24,29)(H,26,28). The molecular weight excluding hydrogens is 396 g/mol. The van der Waals surface area contributed by atoms with Crippen LogP contribution < -0.4 is 10.6 Å². The van der Waals surface area contributed by atoms with Crippen LogP contribution in [0.1, 0.15) is 51.4 Å². The zero-order chi connectivity index (χ0) is 20.8. The van der Waals surface area contributed by atoms with Crippen LogP contribution in [0.5, 0.6) is 0 Å². The Hall–Kier alpha value is -2.93. The zero-order valence-electron chi connectivity index (χ0n) is 16.9. The molecule has 0 spiro atoms. The lowest BCUT2D eigenvalue weighted by atomic mass is 10.00. The summed E-state index contributed by atoms with van der Waals surface area (Å²) in [5.41, 5.74) is 3.00. The van der Waals surface area contributed by atoms with Crippen molar-refractivity contribution in [3.63, 3.8) is 0 Å². The lowest BCUT2D eigenvalue weighted by molar-refractivity contribution is -0.116. The normalized spacial score (nSPS) is 13.7. The molecule has 2 aromatic heterocycles. The van der Waals surface area contributed by atoms with Gasteiger partial charge in [0.15, 0.2) is 0 Å². The Morgan fingerprint density at radius 1 is 1.07 bits per heavy atom. The first-order valence-corrected chi connectivity index (χ1v) is 11.2. The molecule has 1 aromatic carbocycles. The van der Waals surface area contributed by atoms with E-state index in [1.54, 1.807) is 34.5 Å². The average Bonchev–Trinajstić information content (AvgIpc) is 3.36. The fourth-order valence-corrected chi connectivity index (χ4v) is 4.90. The van der Waals surface area contributed by atoms with E-state index in [1.165, 1.54) is 36.1 Å². The smallest absolute Gasteiger partial charge is 0.261 e. The number of nitrogens with zero attached hydrogens (tertiary/aromatic N) is 2. The third-order valence-corrected chi connectivity index (χ3v) is 6.48. The van der Waals surface area contributed by atoms with Crippen LogP contribution in [-0.4, -0.2) is 21.6 Å². The Morgan fingerprint density at radius 2 is 1.93 bits per heavy atom. The van der Waals surface area contributed by atoms with Gasteiger partial charge in [-0.3, -0.25) is 14.3 Å². The zero-order valence-corrected chi connectivity index (χ0v) is 17.7. The predicted octanol–water partition coefficient (Wildman–Crippen LogP) is 4.17. The van der Waals surface area contributed by atoms with Crippen molar-refractivity contribution >= 4 is 28.8 Å². The van der Waals surface area contributed by atoms with E-state index in [4.69, 9.17) is 0 Å². The number of thiophene rings is 1. The Bertz CT molecular complexity index is 985. The van der Waals surface area contributed by atoms with Gasteiger partial charge in [-0.2, -0.15) is 5.10 Å². The maximum Gasteiger partial charge on any atom is 0.261 e. The van der Waals surface area contributed by atoms with Crippen LogP contribution in [0.3, 0.4) is 0 Å². The number of hydrogen-bond acceptors (Lipinski definition) is 4. The molecule has 30 heavy (non-hydrogen) atoms. The van der Waals surface area contributed by atoms with Crippen molar-refractivity contribution in [1.29, 1.82) is 0 Å². The summed E-state index contributed by atoms with van der Waals surface area (Å²) in [7, 11) is 0. The van der Waals surface area contributed by atoms with E-state index in [0.717, 1.165) is 23.3 Å². The van der Waals surface area contributed by atoms with Gasteiger partial charge >= 0.3 is 0 Å². The van der Waals surface area contributed by atoms with Gasteiger partial charge in [0.05, 0.1) is 4.88 Å². The second kappa shape index (κ2) is 9.71. The SMILES string of the molecule is O=C(Cn1cccn1)Nc1cccc(CNC(=O)c2cc3c(s2)CCCCCC3)c1. The number of fused-ring (bicyclic) bond motifs is 1. The number of aryl methyl sites for hydroxylation is 2. The molecule has 4 rings (SSSR count). The summed E-state index contributed by atoms with van der Waals surface area (Å²) in [6, 6.07) is 11.4. The highest BCUT2D eigenvalue weighted by molar-refractivity contribution is 7.14. The minimum atomic E-state index is -0.143. The van der Waals surface area contributed by atoms with Gasteiger partial charge in [0.25, 0.3) is 5.91 Å². The third kappa shape index (κ3) is 5.36. The molecule has 2 heterocycles. The van der Waals surface area contributed by atoms with Crippen molar-refractivity contribution < 1.29 is 9.59 Å². The van der Waals surface area contributed by atoms with E-state index in [9.17, 15) is 9.59 Å². The summed E-state index contributed by atoms with van der Waals surface area (Å²) in [5, 5.41) is 9.93. The highest BCUT2D eigenvalue weighted by Gasteiger charge is 2.16. The number of benzene rings is 1. The number of carbonyl (C=O) groups is 2. The Kier molecular flexibility index (Phi) is 6.59. The molecule has 0 unspecified atom stereocenters. The van der Waals surface area contributed by atoms with E-state index < -0.39 is 0 Å². The van der Waals surface area contributed by atoms with Crippen molar-refractivity contribution in [2.45, 2.75) is 51.6 Å². The van der Waals surface area contributed by atoms with Crippen LogP contribution in [-0.2, 0) is 30.7 Å². The maximum absolute atomic E-state index is 12.7. The molecule has 1 aliphatic rings. The first-order valence-electron chi connectivity index (χ1n) is 10.4. The minimum absolute atomic E-state index is 0.0279. The van der Waals surface area contributed by atoms with Crippen molar-refractivity contribution in [3.8, 4) is 0 Å². The second-order valence-electron chi connectivity index (χ2n) is 7.61. The molecule has 3 aromatic rings. The van der Waals surface area contributed by atoms with Gasteiger partial charge in [-0.1, -0.05) is 25.0 Å². The second-order valence-corrected chi connectivity index (χ2v) is 8.74. The van der Waals surface area contributed by atoms with Crippen LogP contribution in [0.15, 0.2) is 48.8 Å². The van der Waals surface area contributed by atoms with Crippen molar-refractivity contribution in [3.05, 3.63) is 69.7 Å². The molecular formula is C23H26N4O2S. The number of aromatic nitrogens is 2. The largest absolute Gasteiger partial charge is 0.347 e. The quantitative estimate of drug-likeness (QED) is 0.626. The molecule has 0 bridgehead atoms. The number of nitrogens with one attached hydrogen (secondary N) is 2. The number of carbonyl (C=O) groups excluding carboxylic acids is 2. The van der Waals surface area contributed by atoms with Crippen molar-refractivity contribution in [1.82, 2.24) is 15.1 Å². The van der Waals surface area contributed by atoms with Crippen molar-refractivity contribution in [2.75, 3.05) is 5.32 Å². The van der Waals surface area contributed by atoms with Gasteiger partial charge in [-0.15, -0.1) is 11.3 Å². The molecule has 2 N–H and O–H groups in total. The highest BCUT2D eigenvalue weighted by atomic mass is 32.1. The summed E-state index contributed by atoms with van der Waals surface area (Å²) >= 11 is 1.64. The number of rotatable bonds is 6. The Labute approximate surface area is 180 Å². The molecule has 0 aliphatic heterocycles. The molecule has 7 heteroatoms. The molecule has 6 nitrogen and oxygen atoms in total. The summed E-state index contributed by atoms with van der Waals surface area (Å²) < 4.78 is 1.57. The first-order chi connectivity index (χ1) is 14.7. The van der Waals surface area contributed by atoms with E-state index in [2.05, 4.69) is 21.8 Å². The van der Waals surface area contributed by atoms with E-state index in [1.807, 2.05) is 24.3 Å². The van der Waals surface area contributed by atoms with Crippen LogP contribution in [0.25, 0.3) is 0 Å². The lowest BCUT2D eigenvalue weighted by Crippen LogP contribution is -2.22. The van der Waals surface area contributed by atoms with E-state index in [0.29, 0.717) is 12.2 Å². The van der Waals surface area contributed by atoms with Crippen molar-refractivity contribution in [2.24, 2.45) is 0 Å².